The van der Waals surface area contributed by atoms with Crippen molar-refractivity contribution in [1.82, 2.24) is 4.57 Å². The predicted molar refractivity (Wildman–Crippen MR) is 99.6 cm³/mol. The first-order valence-corrected chi connectivity index (χ1v) is 8.75. The zero-order chi connectivity index (χ0) is 20.5. The average molecular weight is 391 g/mol. The lowest BCUT2D eigenvalue weighted by Gasteiger charge is -2.17. The molecule has 0 bridgehead atoms. The lowest BCUT2D eigenvalue weighted by molar-refractivity contribution is -0.274. The van der Waals surface area contributed by atoms with Gasteiger partial charge in [0.1, 0.15) is 5.75 Å². The van der Waals surface area contributed by atoms with E-state index in [0.717, 1.165) is 16.6 Å². The second kappa shape index (κ2) is 7.58. The monoisotopic (exact) mass is 391 g/mol. The maximum Gasteiger partial charge on any atom is 0.573 e. The number of hydrogen-bond acceptors (Lipinski definition) is 3. The molecule has 3 rings (SSSR count). The van der Waals surface area contributed by atoms with Gasteiger partial charge in [-0.3, -0.25) is 0 Å². The van der Waals surface area contributed by atoms with Gasteiger partial charge in [0.25, 0.3) is 0 Å². The van der Waals surface area contributed by atoms with Gasteiger partial charge in [-0.05, 0) is 44.2 Å². The first-order valence-electron chi connectivity index (χ1n) is 8.75. The molecule has 0 aliphatic rings. The largest absolute Gasteiger partial charge is 0.573 e. The summed E-state index contributed by atoms with van der Waals surface area (Å²) in [6.07, 6.45) is -4.50. The number of nitrogens with zero attached hydrogens (tertiary/aromatic N) is 1. The van der Waals surface area contributed by atoms with Crippen LogP contribution in [0.25, 0.3) is 10.9 Å². The van der Waals surface area contributed by atoms with Crippen molar-refractivity contribution in [3.63, 3.8) is 0 Å². The van der Waals surface area contributed by atoms with Gasteiger partial charge in [0, 0.05) is 34.6 Å². The number of carbonyl (C=O) groups is 1. The highest BCUT2D eigenvalue weighted by atomic mass is 19.4. The number of halogens is 3. The van der Waals surface area contributed by atoms with Gasteiger partial charge in [-0.15, -0.1) is 13.2 Å². The van der Waals surface area contributed by atoms with Crippen LogP contribution in [0.2, 0.25) is 0 Å². The minimum Gasteiger partial charge on any atom is -0.465 e. The fourth-order valence-electron chi connectivity index (χ4n) is 3.35. The summed E-state index contributed by atoms with van der Waals surface area (Å²) in [4.78, 5) is 11.8. The molecule has 4 nitrogen and oxygen atoms in total. The Hall–Kier alpha value is -2.96. The third-order valence-electron chi connectivity index (χ3n) is 4.43. The quantitative estimate of drug-likeness (QED) is 0.540. The van der Waals surface area contributed by atoms with Crippen LogP contribution >= 0.6 is 0 Å². The normalized spacial score (nSPS) is 11.8. The van der Waals surface area contributed by atoms with Crippen LogP contribution in [-0.2, 0) is 11.2 Å². The van der Waals surface area contributed by atoms with E-state index < -0.39 is 12.3 Å². The summed E-state index contributed by atoms with van der Waals surface area (Å²) in [5.74, 6) is -0.657. The van der Waals surface area contributed by atoms with Crippen LogP contribution in [0.1, 0.15) is 41.5 Å². The van der Waals surface area contributed by atoms with Gasteiger partial charge in [0.15, 0.2) is 0 Å². The topological polar surface area (TPSA) is 40.5 Å². The molecule has 1 aromatic heterocycles. The van der Waals surface area contributed by atoms with Crippen LogP contribution in [-0.4, -0.2) is 24.0 Å². The van der Waals surface area contributed by atoms with Crippen LogP contribution in [0.15, 0.2) is 48.5 Å². The summed E-state index contributed by atoms with van der Waals surface area (Å²) >= 11 is 0. The number of fused-ring (bicyclic) bond motifs is 1. The molecule has 28 heavy (non-hydrogen) atoms. The molecule has 0 aliphatic heterocycles. The molecule has 0 radical (unpaired) electrons. The van der Waals surface area contributed by atoms with E-state index in [1.54, 1.807) is 24.3 Å². The van der Waals surface area contributed by atoms with Gasteiger partial charge < -0.3 is 14.0 Å². The number of esters is 1. The van der Waals surface area contributed by atoms with E-state index in [1.807, 2.05) is 30.5 Å². The molecule has 0 atom stereocenters. The van der Waals surface area contributed by atoms with Crippen molar-refractivity contribution in [3.05, 3.63) is 65.4 Å². The fraction of sp³-hybridized carbons (Fsp3) is 0.286. The molecule has 0 saturated carbocycles. The van der Waals surface area contributed by atoms with Gasteiger partial charge >= 0.3 is 12.3 Å². The minimum atomic E-state index is -4.75. The van der Waals surface area contributed by atoms with E-state index in [1.165, 1.54) is 19.2 Å². The molecule has 0 unspecified atom stereocenters. The third-order valence-corrected chi connectivity index (χ3v) is 4.43. The summed E-state index contributed by atoms with van der Waals surface area (Å²) in [5.41, 5.74) is 2.57. The fourth-order valence-corrected chi connectivity index (χ4v) is 3.35. The van der Waals surface area contributed by atoms with Crippen molar-refractivity contribution >= 4 is 16.9 Å². The van der Waals surface area contributed by atoms with Crippen LogP contribution < -0.4 is 4.74 Å². The molecule has 1 heterocycles. The highest BCUT2D eigenvalue weighted by Crippen LogP contribution is 2.31. The molecule has 0 N–H and O–H groups in total. The Morgan fingerprint density at radius 1 is 1.11 bits per heavy atom. The van der Waals surface area contributed by atoms with E-state index in [4.69, 9.17) is 4.74 Å². The second-order valence-electron chi connectivity index (χ2n) is 6.70. The lowest BCUT2D eigenvalue weighted by Crippen LogP contribution is -2.18. The number of benzene rings is 2. The molecule has 0 amide bonds. The van der Waals surface area contributed by atoms with E-state index in [2.05, 4.69) is 4.74 Å². The number of ether oxygens (including phenoxy) is 2. The summed E-state index contributed by atoms with van der Waals surface area (Å²) in [7, 11) is 1.31. The van der Waals surface area contributed by atoms with Crippen LogP contribution in [0, 0.1) is 0 Å². The van der Waals surface area contributed by atoms with Crippen LogP contribution in [0.5, 0.6) is 5.75 Å². The summed E-state index contributed by atoms with van der Waals surface area (Å²) < 4.78 is 49.1. The molecule has 0 aliphatic carbocycles. The smallest absolute Gasteiger partial charge is 0.465 e. The number of alkyl halides is 3. The van der Waals surface area contributed by atoms with Gasteiger partial charge in [-0.2, -0.15) is 0 Å². The highest BCUT2D eigenvalue weighted by molar-refractivity contribution is 5.95. The van der Waals surface area contributed by atoms with Crippen molar-refractivity contribution in [2.75, 3.05) is 7.11 Å². The first-order chi connectivity index (χ1) is 13.2. The Morgan fingerprint density at radius 3 is 2.46 bits per heavy atom. The van der Waals surface area contributed by atoms with Crippen molar-refractivity contribution in [2.24, 2.45) is 0 Å². The molecule has 0 saturated heterocycles. The lowest BCUT2D eigenvalue weighted by atomic mass is 10.1. The standard InChI is InChI=1S/C21H20F3NO3/c1-13(2)25-17(11-14-6-4-5-7-19(14)28-21(22,23)24)12-16-10-15(20(26)27-3)8-9-18(16)25/h4-10,12-13H,11H2,1-3H3. The van der Waals surface area contributed by atoms with Gasteiger partial charge in [-0.1, -0.05) is 18.2 Å². The Kier molecular flexibility index (Phi) is 5.36. The number of methoxy groups -OCH3 is 1. The Bertz CT molecular complexity index is 1010. The molecule has 0 fully saturated rings. The number of hydrogen-bond donors (Lipinski definition) is 0. The zero-order valence-corrected chi connectivity index (χ0v) is 15.7. The molecule has 7 heteroatoms. The highest BCUT2D eigenvalue weighted by Gasteiger charge is 2.32. The molecule has 2 aromatic carbocycles. The summed E-state index contributed by atoms with van der Waals surface area (Å²) in [6, 6.07) is 13.3. The van der Waals surface area contributed by atoms with E-state index in [0.29, 0.717) is 11.1 Å². The summed E-state index contributed by atoms with van der Waals surface area (Å²) in [6.45, 7) is 3.99. The SMILES string of the molecule is COC(=O)c1ccc2c(c1)cc(Cc1ccccc1OC(F)(F)F)n2C(C)C. The first kappa shape index (κ1) is 19.8. The van der Waals surface area contributed by atoms with E-state index in [-0.39, 0.29) is 18.2 Å². The van der Waals surface area contributed by atoms with Gasteiger partial charge in [0.2, 0.25) is 0 Å². The maximum atomic E-state index is 12.7. The minimum absolute atomic E-state index is 0.0761. The maximum absolute atomic E-state index is 12.7. The number of rotatable bonds is 5. The molecule has 0 spiro atoms. The van der Waals surface area contributed by atoms with Crippen LogP contribution in [0.4, 0.5) is 13.2 Å². The molecule has 3 aromatic rings. The van der Waals surface area contributed by atoms with Crippen molar-refractivity contribution in [2.45, 2.75) is 32.7 Å². The number of para-hydroxylation sites is 1. The Morgan fingerprint density at radius 2 is 1.82 bits per heavy atom. The van der Waals surface area contributed by atoms with E-state index >= 15 is 0 Å². The van der Waals surface area contributed by atoms with Crippen molar-refractivity contribution in [1.29, 1.82) is 0 Å². The molecular formula is C21H20F3NO3. The molecule has 148 valence electrons. The zero-order valence-electron chi connectivity index (χ0n) is 15.7. The number of aromatic nitrogens is 1. The number of carbonyl (C=O) groups excluding carboxylic acids is 1. The third kappa shape index (κ3) is 4.13. The van der Waals surface area contributed by atoms with Crippen molar-refractivity contribution in [3.8, 4) is 5.75 Å². The predicted octanol–water partition coefficient (Wildman–Crippen LogP) is 5.50. The Balaban J connectivity index is 2.06. The Labute approximate surface area is 160 Å². The molecular weight excluding hydrogens is 371 g/mol. The average Bonchev–Trinajstić information content (AvgIpc) is 2.98. The summed E-state index contributed by atoms with van der Waals surface area (Å²) in [5, 5.41) is 0.820. The van der Waals surface area contributed by atoms with Crippen LogP contribution in [0.3, 0.4) is 0 Å². The van der Waals surface area contributed by atoms with Gasteiger partial charge in [-0.25, -0.2) is 4.79 Å². The van der Waals surface area contributed by atoms with E-state index in [9.17, 15) is 18.0 Å². The van der Waals surface area contributed by atoms with Crippen molar-refractivity contribution < 1.29 is 27.4 Å². The second-order valence-corrected chi connectivity index (χ2v) is 6.70. The van der Waals surface area contributed by atoms with Gasteiger partial charge in [0.05, 0.1) is 12.7 Å².